The topological polar surface area (TPSA) is 61.9 Å². The molecule has 7 heteroatoms. The number of benzene rings is 1. The molecule has 3 aliphatic rings. The highest BCUT2D eigenvalue weighted by Crippen LogP contribution is 2.30. The van der Waals surface area contributed by atoms with Crippen molar-refractivity contribution in [3.63, 3.8) is 0 Å². The van der Waals surface area contributed by atoms with Gasteiger partial charge in [0.05, 0.1) is 6.10 Å². The summed E-state index contributed by atoms with van der Waals surface area (Å²) in [6.07, 6.45) is 7.08. The molecular formula is C27H40ClN3O3. The Bertz CT molecular complexity index is 886. The lowest BCUT2D eigenvalue weighted by Gasteiger charge is -2.41. The number of rotatable bonds is 6. The van der Waals surface area contributed by atoms with Gasteiger partial charge in [-0.1, -0.05) is 24.4 Å². The molecule has 34 heavy (non-hydrogen) atoms. The van der Waals surface area contributed by atoms with Crippen molar-refractivity contribution in [2.75, 3.05) is 31.6 Å². The smallest absolute Gasteiger partial charge is 0.226 e. The van der Waals surface area contributed by atoms with Crippen LogP contribution in [0.25, 0.3) is 0 Å². The first kappa shape index (κ1) is 25.5. The number of nitrogens with zero attached hydrogens (tertiary/aromatic N) is 2. The van der Waals surface area contributed by atoms with Gasteiger partial charge >= 0.3 is 0 Å². The molecule has 1 aromatic carbocycles. The van der Waals surface area contributed by atoms with Crippen LogP contribution >= 0.6 is 11.6 Å². The second-order valence-electron chi connectivity index (χ2n) is 10.7. The van der Waals surface area contributed by atoms with Gasteiger partial charge in [-0.05, 0) is 75.6 Å². The van der Waals surface area contributed by atoms with Crippen molar-refractivity contribution >= 4 is 29.1 Å². The van der Waals surface area contributed by atoms with Crippen LogP contribution in [0.1, 0.15) is 69.9 Å². The number of hydrogen-bond acceptors (Lipinski definition) is 4. The summed E-state index contributed by atoms with van der Waals surface area (Å²) in [5, 5.41) is 3.75. The maximum Gasteiger partial charge on any atom is 0.226 e. The zero-order chi connectivity index (χ0) is 24.2. The van der Waals surface area contributed by atoms with Crippen LogP contribution < -0.4 is 5.32 Å². The van der Waals surface area contributed by atoms with E-state index in [-0.39, 0.29) is 24.0 Å². The minimum atomic E-state index is 0.0445. The molecule has 3 atom stereocenters. The average Bonchev–Trinajstić information content (AvgIpc) is 3.31. The molecule has 0 bridgehead atoms. The molecule has 4 rings (SSSR count). The van der Waals surface area contributed by atoms with E-state index >= 15 is 0 Å². The maximum atomic E-state index is 12.9. The number of carbonyl (C=O) groups is 2. The Morgan fingerprint density at radius 1 is 1.15 bits per heavy atom. The molecule has 0 aromatic heterocycles. The van der Waals surface area contributed by atoms with Crippen LogP contribution in [-0.4, -0.2) is 60.0 Å². The molecule has 188 valence electrons. The van der Waals surface area contributed by atoms with Gasteiger partial charge in [0.2, 0.25) is 11.8 Å². The monoisotopic (exact) mass is 489 g/mol. The van der Waals surface area contributed by atoms with Gasteiger partial charge in [0.1, 0.15) is 0 Å². The van der Waals surface area contributed by atoms with Crippen LogP contribution in [0.4, 0.5) is 5.69 Å². The lowest BCUT2D eigenvalue weighted by atomic mass is 9.92. The zero-order valence-electron chi connectivity index (χ0n) is 20.9. The third kappa shape index (κ3) is 6.32. The van der Waals surface area contributed by atoms with E-state index in [4.69, 9.17) is 16.3 Å². The summed E-state index contributed by atoms with van der Waals surface area (Å²) in [5.74, 6) is 1.00. The fourth-order valence-corrected chi connectivity index (χ4v) is 6.16. The molecule has 0 radical (unpaired) electrons. The van der Waals surface area contributed by atoms with Crippen molar-refractivity contribution in [1.82, 2.24) is 9.80 Å². The number of anilines is 1. The van der Waals surface area contributed by atoms with Crippen molar-refractivity contribution in [2.24, 2.45) is 11.8 Å². The van der Waals surface area contributed by atoms with Gasteiger partial charge in [-0.3, -0.25) is 14.5 Å². The molecule has 1 aromatic rings. The summed E-state index contributed by atoms with van der Waals surface area (Å²) in [4.78, 5) is 30.2. The highest BCUT2D eigenvalue weighted by Gasteiger charge is 2.33. The summed E-state index contributed by atoms with van der Waals surface area (Å²) in [7, 11) is 0. The molecule has 1 N–H and O–H groups in total. The van der Waals surface area contributed by atoms with E-state index in [1.54, 1.807) is 0 Å². The molecule has 1 aliphatic carbocycles. The highest BCUT2D eigenvalue weighted by molar-refractivity contribution is 6.31. The lowest BCUT2D eigenvalue weighted by Crippen LogP contribution is -2.54. The maximum absolute atomic E-state index is 12.9. The molecule has 2 amide bonds. The standard InChI is InChI=1S/C27H40ClN3O3/c1-18-16-30(9-10-31(18)27(33)22-6-4-5-7-22)17-23-14-24(28)15-25(20(23)3)29-26(32)13-21-8-11-34-19(2)12-21/h14-15,18-19,21-22H,4-13,16-17H2,1-3H3,(H,29,32). The van der Waals surface area contributed by atoms with Crippen molar-refractivity contribution in [1.29, 1.82) is 0 Å². The van der Waals surface area contributed by atoms with Crippen molar-refractivity contribution in [2.45, 2.75) is 84.4 Å². The zero-order valence-corrected chi connectivity index (χ0v) is 21.7. The number of halogens is 1. The minimum absolute atomic E-state index is 0.0445. The lowest BCUT2D eigenvalue weighted by molar-refractivity contribution is -0.140. The Kier molecular flexibility index (Phi) is 8.54. The van der Waals surface area contributed by atoms with Gasteiger partial charge in [0, 0.05) is 61.9 Å². The highest BCUT2D eigenvalue weighted by atomic mass is 35.5. The van der Waals surface area contributed by atoms with E-state index in [9.17, 15) is 9.59 Å². The van der Waals surface area contributed by atoms with Crippen LogP contribution in [0.2, 0.25) is 5.02 Å². The van der Waals surface area contributed by atoms with Crippen LogP contribution in [0, 0.1) is 18.8 Å². The first-order valence-corrected chi connectivity index (χ1v) is 13.4. The van der Waals surface area contributed by atoms with Gasteiger partial charge in [0.15, 0.2) is 0 Å². The van der Waals surface area contributed by atoms with E-state index in [1.165, 1.54) is 12.8 Å². The number of carbonyl (C=O) groups excluding carboxylic acids is 2. The van der Waals surface area contributed by atoms with E-state index in [0.717, 1.165) is 75.3 Å². The molecule has 2 heterocycles. The number of ether oxygens (including phenoxy) is 1. The minimum Gasteiger partial charge on any atom is -0.378 e. The molecule has 6 nitrogen and oxygen atoms in total. The Labute approximate surface area is 209 Å². The first-order valence-electron chi connectivity index (χ1n) is 13.0. The van der Waals surface area contributed by atoms with Gasteiger partial charge in [-0.25, -0.2) is 0 Å². The summed E-state index contributed by atoms with van der Waals surface area (Å²) < 4.78 is 5.61. The molecule has 3 fully saturated rings. The van der Waals surface area contributed by atoms with Crippen LogP contribution in [0.3, 0.4) is 0 Å². The third-order valence-electron chi connectivity index (χ3n) is 7.91. The van der Waals surface area contributed by atoms with E-state index in [1.807, 2.05) is 12.1 Å². The Hall–Kier alpha value is -1.63. The Morgan fingerprint density at radius 2 is 1.91 bits per heavy atom. The Balaban J connectivity index is 1.35. The molecule has 2 saturated heterocycles. The number of hydrogen-bond donors (Lipinski definition) is 1. The molecule has 1 saturated carbocycles. The summed E-state index contributed by atoms with van der Waals surface area (Å²) in [5.41, 5.74) is 3.00. The average molecular weight is 490 g/mol. The predicted octanol–water partition coefficient (Wildman–Crippen LogP) is 5.02. The van der Waals surface area contributed by atoms with Gasteiger partial charge in [-0.15, -0.1) is 0 Å². The second kappa shape index (κ2) is 11.4. The van der Waals surface area contributed by atoms with Gasteiger partial charge in [-0.2, -0.15) is 0 Å². The fraction of sp³-hybridized carbons (Fsp3) is 0.704. The third-order valence-corrected chi connectivity index (χ3v) is 8.13. The van der Waals surface area contributed by atoms with Gasteiger partial charge in [0.25, 0.3) is 0 Å². The number of piperazine rings is 1. The molecule has 2 aliphatic heterocycles. The molecule has 3 unspecified atom stereocenters. The van der Waals surface area contributed by atoms with Crippen LogP contribution in [0.5, 0.6) is 0 Å². The number of nitrogens with one attached hydrogen (secondary N) is 1. The SMILES string of the molecule is Cc1c(CN2CCN(C(=O)C3CCCC3)C(C)C2)cc(Cl)cc1NC(=O)CC1CCOC(C)C1. The number of amides is 2. The van der Waals surface area contributed by atoms with Crippen molar-refractivity contribution < 1.29 is 14.3 Å². The largest absolute Gasteiger partial charge is 0.378 e. The van der Waals surface area contributed by atoms with E-state index in [0.29, 0.717) is 23.3 Å². The van der Waals surface area contributed by atoms with Crippen LogP contribution in [0.15, 0.2) is 12.1 Å². The first-order chi connectivity index (χ1) is 16.3. The van der Waals surface area contributed by atoms with E-state index < -0.39 is 0 Å². The Morgan fingerprint density at radius 3 is 2.62 bits per heavy atom. The second-order valence-corrected chi connectivity index (χ2v) is 11.1. The van der Waals surface area contributed by atoms with Crippen molar-refractivity contribution in [3.8, 4) is 0 Å². The predicted molar refractivity (Wildman–Crippen MR) is 136 cm³/mol. The fourth-order valence-electron chi connectivity index (χ4n) is 5.92. The summed E-state index contributed by atoms with van der Waals surface area (Å²) in [6.45, 7) is 10.3. The van der Waals surface area contributed by atoms with Crippen LogP contribution in [-0.2, 0) is 20.9 Å². The normalized spacial score (nSPS) is 26.6. The molecule has 0 spiro atoms. The molecular weight excluding hydrogens is 450 g/mol. The van der Waals surface area contributed by atoms with Gasteiger partial charge < -0.3 is 15.0 Å². The summed E-state index contributed by atoms with van der Waals surface area (Å²) in [6, 6.07) is 4.07. The summed E-state index contributed by atoms with van der Waals surface area (Å²) >= 11 is 6.46. The quantitative estimate of drug-likeness (QED) is 0.609. The van der Waals surface area contributed by atoms with E-state index in [2.05, 4.69) is 35.9 Å². The van der Waals surface area contributed by atoms with Crippen molar-refractivity contribution in [3.05, 3.63) is 28.3 Å².